The van der Waals surface area contributed by atoms with Crippen molar-refractivity contribution >= 4 is 64.0 Å². The molecule has 0 radical (unpaired) electrons. The van der Waals surface area contributed by atoms with E-state index in [-0.39, 0.29) is 21.4 Å². The number of benzene rings is 3. The minimum Gasteiger partial charge on any atom is -0.423 e. The van der Waals surface area contributed by atoms with Crippen molar-refractivity contribution in [2.45, 2.75) is 0 Å². The van der Waals surface area contributed by atoms with Crippen molar-refractivity contribution in [3.63, 3.8) is 0 Å². The Morgan fingerprint density at radius 3 is 2.22 bits per heavy atom. The van der Waals surface area contributed by atoms with E-state index in [0.717, 1.165) is 4.90 Å². The molecule has 1 aliphatic heterocycles. The molecule has 3 aromatic carbocycles. The molecule has 0 atom stereocenters. The number of anilines is 2. The summed E-state index contributed by atoms with van der Waals surface area (Å²) in [5.74, 6) is -1.52. The van der Waals surface area contributed by atoms with E-state index in [1.807, 2.05) is 6.07 Å². The summed E-state index contributed by atoms with van der Waals surface area (Å²) in [6, 6.07) is 19.3. The maximum atomic E-state index is 12.9. The van der Waals surface area contributed by atoms with Gasteiger partial charge in [-0.1, -0.05) is 53.0 Å². The summed E-state index contributed by atoms with van der Waals surface area (Å²) in [6.45, 7) is 0. The predicted octanol–water partition coefficient (Wildman–Crippen LogP) is 5.65. The normalized spacial score (nSPS) is 13.5. The fourth-order valence-electron chi connectivity index (χ4n) is 2.98. The Kier molecular flexibility index (Phi) is 6.19. The average Bonchev–Trinajstić information content (AvgIpc) is 3.00. The summed E-state index contributed by atoms with van der Waals surface area (Å²) >= 11 is 18.3. The zero-order valence-electron chi connectivity index (χ0n) is 16.1. The first-order valence-electron chi connectivity index (χ1n) is 9.23. The highest BCUT2D eigenvalue weighted by molar-refractivity contribution is 6.54. The molecule has 0 aliphatic carbocycles. The summed E-state index contributed by atoms with van der Waals surface area (Å²) in [4.78, 5) is 38.6. The number of nitrogens with zero attached hydrogens (tertiary/aromatic N) is 1. The second-order valence-electron chi connectivity index (χ2n) is 6.64. The van der Waals surface area contributed by atoms with E-state index in [4.69, 9.17) is 39.5 Å². The summed E-state index contributed by atoms with van der Waals surface area (Å²) in [5.41, 5.74) is 0.755. The number of carbonyl (C=O) groups excluding carboxylic acids is 3. The van der Waals surface area contributed by atoms with Crippen LogP contribution in [0.3, 0.4) is 0 Å². The second kappa shape index (κ2) is 9.04. The van der Waals surface area contributed by atoms with E-state index in [2.05, 4.69) is 5.32 Å². The maximum Gasteiger partial charge on any atom is 0.343 e. The number of esters is 1. The fraction of sp³-hybridized carbons (Fsp3) is 0. The number of carbonyl (C=O) groups is 3. The lowest BCUT2D eigenvalue weighted by atomic mass is 10.2. The molecule has 160 valence electrons. The van der Waals surface area contributed by atoms with Crippen LogP contribution in [0.5, 0.6) is 5.75 Å². The number of halogens is 3. The molecule has 0 unspecified atom stereocenters. The molecule has 0 fully saturated rings. The number of rotatable bonds is 5. The molecule has 9 heteroatoms. The first kappa shape index (κ1) is 21.9. The van der Waals surface area contributed by atoms with Crippen LogP contribution in [-0.2, 0) is 9.59 Å². The van der Waals surface area contributed by atoms with Crippen molar-refractivity contribution in [2.24, 2.45) is 0 Å². The molecule has 2 amide bonds. The van der Waals surface area contributed by atoms with Gasteiger partial charge in [-0.25, -0.2) is 9.69 Å². The van der Waals surface area contributed by atoms with E-state index in [0.29, 0.717) is 22.0 Å². The molecule has 32 heavy (non-hydrogen) atoms. The molecule has 0 saturated carbocycles. The minimum atomic E-state index is -0.730. The molecule has 0 bridgehead atoms. The largest absolute Gasteiger partial charge is 0.423 e. The van der Waals surface area contributed by atoms with Crippen LogP contribution in [0.1, 0.15) is 10.4 Å². The van der Waals surface area contributed by atoms with Crippen LogP contribution >= 0.6 is 34.8 Å². The first-order chi connectivity index (χ1) is 15.3. The van der Waals surface area contributed by atoms with Crippen molar-refractivity contribution in [3.05, 3.63) is 99.1 Å². The van der Waals surface area contributed by atoms with Gasteiger partial charge in [-0.15, -0.1) is 0 Å². The molecule has 0 spiro atoms. The van der Waals surface area contributed by atoms with Crippen molar-refractivity contribution in [1.82, 2.24) is 0 Å². The third-order valence-corrected chi connectivity index (χ3v) is 5.43. The maximum absolute atomic E-state index is 12.9. The number of imide groups is 1. The van der Waals surface area contributed by atoms with Gasteiger partial charge in [0.05, 0.1) is 16.3 Å². The molecule has 0 aromatic heterocycles. The van der Waals surface area contributed by atoms with Crippen LogP contribution in [0.4, 0.5) is 11.4 Å². The van der Waals surface area contributed by atoms with Crippen molar-refractivity contribution < 1.29 is 19.1 Å². The smallest absolute Gasteiger partial charge is 0.343 e. The molecule has 4 rings (SSSR count). The minimum absolute atomic E-state index is 0.118. The Bertz CT molecular complexity index is 1260. The average molecular weight is 488 g/mol. The summed E-state index contributed by atoms with van der Waals surface area (Å²) < 4.78 is 5.29. The van der Waals surface area contributed by atoms with Gasteiger partial charge in [0.25, 0.3) is 11.8 Å². The van der Waals surface area contributed by atoms with Gasteiger partial charge in [0, 0.05) is 10.7 Å². The highest BCUT2D eigenvalue weighted by atomic mass is 35.5. The Labute approximate surface area is 197 Å². The van der Waals surface area contributed by atoms with E-state index in [9.17, 15) is 14.4 Å². The van der Waals surface area contributed by atoms with Crippen molar-refractivity contribution in [2.75, 3.05) is 10.2 Å². The van der Waals surface area contributed by atoms with Crippen LogP contribution < -0.4 is 15.0 Å². The van der Waals surface area contributed by atoms with E-state index in [1.165, 1.54) is 30.3 Å². The summed E-state index contributed by atoms with van der Waals surface area (Å²) in [7, 11) is 0. The van der Waals surface area contributed by atoms with Crippen LogP contribution in [0, 0.1) is 0 Å². The number of amides is 2. The molecule has 0 saturated heterocycles. The van der Waals surface area contributed by atoms with Gasteiger partial charge in [-0.3, -0.25) is 9.59 Å². The van der Waals surface area contributed by atoms with E-state index in [1.54, 1.807) is 36.4 Å². The zero-order valence-corrected chi connectivity index (χ0v) is 18.4. The molecular formula is C23H13Cl3N2O4. The van der Waals surface area contributed by atoms with Gasteiger partial charge in [0.1, 0.15) is 16.5 Å². The standard InChI is InChI=1S/C23H13Cl3N2O4/c24-14-8-11-17(25)18(12-14)28-21(29)19(26)20(22(28)30)27-15-9-6-13(7-10-15)23(31)32-16-4-2-1-3-5-16/h1-12,27H. The highest BCUT2D eigenvalue weighted by Gasteiger charge is 2.40. The predicted molar refractivity (Wildman–Crippen MR) is 123 cm³/mol. The van der Waals surface area contributed by atoms with Gasteiger partial charge in [0.2, 0.25) is 0 Å². The molecule has 3 aromatic rings. The van der Waals surface area contributed by atoms with Crippen molar-refractivity contribution in [1.29, 1.82) is 0 Å². The Morgan fingerprint density at radius 1 is 0.844 bits per heavy atom. The lowest BCUT2D eigenvalue weighted by molar-refractivity contribution is -0.120. The van der Waals surface area contributed by atoms with Crippen LogP contribution in [0.15, 0.2) is 83.5 Å². The Balaban J connectivity index is 1.51. The van der Waals surface area contributed by atoms with Crippen molar-refractivity contribution in [3.8, 4) is 5.75 Å². The zero-order chi connectivity index (χ0) is 22.8. The Morgan fingerprint density at radius 2 is 1.53 bits per heavy atom. The lowest BCUT2D eigenvalue weighted by Crippen LogP contribution is -2.32. The molecule has 1 heterocycles. The third kappa shape index (κ3) is 4.34. The number of hydrogen-bond acceptors (Lipinski definition) is 5. The number of para-hydroxylation sites is 1. The molecule has 6 nitrogen and oxygen atoms in total. The SMILES string of the molecule is O=C(Oc1ccccc1)c1ccc(NC2=C(Cl)C(=O)N(c3cc(Cl)ccc3Cl)C2=O)cc1. The fourth-order valence-corrected chi connectivity index (χ4v) is 3.56. The van der Waals surface area contributed by atoms with Gasteiger partial charge in [0.15, 0.2) is 0 Å². The quantitative estimate of drug-likeness (QED) is 0.286. The van der Waals surface area contributed by atoms with Crippen LogP contribution in [0.2, 0.25) is 10.0 Å². The summed E-state index contributed by atoms with van der Waals surface area (Å²) in [6.07, 6.45) is 0. The molecule has 1 N–H and O–H groups in total. The lowest BCUT2D eigenvalue weighted by Gasteiger charge is -2.17. The molecule has 1 aliphatic rings. The van der Waals surface area contributed by atoms with E-state index < -0.39 is 17.8 Å². The number of nitrogens with one attached hydrogen (secondary N) is 1. The monoisotopic (exact) mass is 486 g/mol. The topological polar surface area (TPSA) is 75.7 Å². The van der Waals surface area contributed by atoms with Gasteiger partial charge in [-0.2, -0.15) is 0 Å². The third-order valence-electron chi connectivity index (χ3n) is 4.52. The van der Waals surface area contributed by atoms with Crippen LogP contribution in [-0.4, -0.2) is 17.8 Å². The number of ether oxygens (including phenoxy) is 1. The number of hydrogen-bond donors (Lipinski definition) is 1. The van der Waals surface area contributed by atoms with Gasteiger partial charge in [-0.05, 0) is 54.6 Å². The Hall–Kier alpha value is -3.32. The second-order valence-corrected chi connectivity index (χ2v) is 7.86. The van der Waals surface area contributed by atoms with Crippen LogP contribution in [0.25, 0.3) is 0 Å². The van der Waals surface area contributed by atoms with Gasteiger partial charge < -0.3 is 10.1 Å². The van der Waals surface area contributed by atoms with E-state index >= 15 is 0 Å². The van der Waals surface area contributed by atoms with Gasteiger partial charge >= 0.3 is 5.97 Å². The molecular weight excluding hydrogens is 475 g/mol. The highest BCUT2D eigenvalue weighted by Crippen LogP contribution is 2.35. The summed E-state index contributed by atoms with van der Waals surface area (Å²) in [5, 5.41) is 3.01. The first-order valence-corrected chi connectivity index (χ1v) is 10.4.